The van der Waals surface area contributed by atoms with Crippen LogP contribution < -0.4 is 10.1 Å². The van der Waals surface area contributed by atoms with Crippen molar-refractivity contribution in [2.24, 2.45) is 0 Å². The number of hydrogen-bond donors (Lipinski definition) is 2. The first-order valence-electron chi connectivity index (χ1n) is 8.05. The van der Waals surface area contributed by atoms with Gasteiger partial charge < -0.3 is 15.2 Å². The van der Waals surface area contributed by atoms with E-state index in [1.807, 2.05) is 0 Å². The maximum atomic E-state index is 13.7. The summed E-state index contributed by atoms with van der Waals surface area (Å²) in [4.78, 5) is 11.6. The molecule has 0 aliphatic carbocycles. The molecule has 0 fully saturated rings. The van der Waals surface area contributed by atoms with Gasteiger partial charge >= 0.3 is 18.3 Å². The van der Waals surface area contributed by atoms with Crippen molar-refractivity contribution in [3.63, 3.8) is 0 Å². The minimum absolute atomic E-state index is 0.0552. The fraction of sp³-hybridized carbons (Fsp3) is 0.278. The van der Waals surface area contributed by atoms with Gasteiger partial charge in [0.2, 0.25) is 0 Å². The normalized spacial score (nSPS) is 23.1. The predicted molar refractivity (Wildman–Crippen MR) is 84.2 cm³/mol. The molecule has 3 atom stereocenters. The third-order valence-electron chi connectivity index (χ3n) is 4.87. The van der Waals surface area contributed by atoms with Crippen LogP contribution in [0.25, 0.3) is 0 Å². The van der Waals surface area contributed by atoms with E-state index < -0.39 is 58.8 Å². The monoisotopic (exact) mass is 403 g/mol. The van der Waals surface area contributed by atoms with E-state index in [-0.39, 0.29) is 11.8 Å². The van der Waals surface area contributed by atoms with Crippen LogP contribution in [0.1, 0.15) is 28.2 Å². The number of halogens is 6. The number of carboxylic acid groups (broad SMARTS) is 1. The van der Waals surface area contributed by atoms with Crippen molar-refractivity contribution in [3.05, 3.63) is 58.7 Å². The molecule has 2 aliphatic rings. The molecule has 0 aromatic heterocycles. The molecule has 2 heterocycles. The summed E-state index contributed by atoms with van der Waals surface area (Å²) in [5, 5.41) is 11.8. The highest BCUT2D eigenvalue weighted by atomic mass is 19.4. The van der Waals surface area contributed by atoms with Crippen molar-refractivity contribution in [2.75, 3.05) is 5.32 Å². The second-order valence-corrected chi connectivity index (χ2v) is 6.54. The number of para-hydroxylation sites is 1. The van der Waals surface area contributed by atoms with Crippen LogP contribution in [0.4, 0.5) is 32.0 Å². The average molecular weight is 403 g/mol. The zero-order valence-corrected chi connectivity index (χ0v) is 13.7. The summed E-state index contributed by atoms with van der Waals surface area (Å²) in [6.45, 7) is 0. The van der Waals surface area contributed by atoms with Gasteiger partial charge in [-0.1, -0.05) is 18.2 Å². The standard InChI is InChI=1S/C18H11F6NO3/c19-17(20,21)7-5-9(18(22,23)24)13-10(6-7)25-14(16(26)27)15-12(13)8-3-1-2-4-11(8)28-15/h1-6,12,14-15,25H,(H,26,27). The molecule has 0 radical (unpaired) electrons. The first-order valence-corrected chi connectivity index (χ1v) is 8.05. The number of carboxylic acids is 1. The van der Waals surface area contributed by atoms with Crippen molar-refractivity contribution in [2.45, 2.75) is 30.4 Å². The quantitative estimate of drug-likeness (QED) is 0.689. The van der Waals surface area contributed by atoms with E-state index in [0.717, 1.165) is 0 Å². The molecule has 4 nitrogen and oxygen atoms in total. The Balaban J connectivity index is 2.02. The smallest absolute Gasteiger partial charge is 0.416 e. The van der Waals surface area contributed by atoms with Crippen LogP contribution in [-0.4, -0.2) is 23.2 Å². The summed E-state index contributed by atoms with van der Waals surface area (Å²) in [6.07, 6.45) is -11.3. The van der Waals surface area contributed by atoms with E-state index in [1.165, 1.54) is 12.1 Å². The molecule has 0 bridgehead atoms. The van der Waals surface area contributed by atoms with E-state index >= 15 is 0 Å². The summed E-state index contributed by atoms with van der Waals surface area (Å²) in [5.74, 6) is -2.42. The number of benzene rings is 2. The average Bonchev–Trinajstić information content (AvgIpc) is 2.97. The van der Waals surface area contributed by atoms with Gasteiger partial charge in [0.25, 0.3) is 0 Å². The lowest BCUT2D eigenvalue weighted by Crippen LogP contribution is -2.49. The summed E-state index contributed by atoms with van der Waals surface area (Å²) < 4.78 is 86.1. The molecule has 10 heteroatoms. The van der Waals surface area contributed by atoms with Crippen molar-refractivity contribution in [1.82, 2.24) is 0 Å². The predicted octanol–water partition coefficient (Wildman–Crippen LogP) is 4.50. The number of carbonyl (C=O) groups is 1. The number of nitrogens with one attached hydrogen (secondary N) is 1. The molecule has 4 rings (SSSR count). The Morgan fingerprint density at radius 2 is 1.71 bits per heavy atom. The Bertz CT molecular complexity index is 969. The number of rotatable bonds is 1. The molecule has 0 amide bonds. The Hall–Kier alpha value is -2.91. The van der Waals surface area contributed by atoms with Crippen LogP contribution in [0.5, 0.6) is 5.75 Å². The van der Waals surface area contributed by atoms with E-state index in [0.29, 0.717) is 11.6 Å². The molecular formula is C18H11F6NO3. The van der Waals surface area contributed by atoms with Gasteiger partial charge in [0.05, 0.1) is 17.0 Å². The molecule has 3 unspecified atom stereocenters. The Kier molecular flexibility index (Phi) is 3.82. The number of aliphatic carboxylic acids is 1. The molecule has 2 N–H and O–H groups in total. The summed E-state index contributed by atoms with van der Waals surface area (Å²) in [7, 11) is 0. The SMILES string of the molecule is O=C(O)C1Nc2cc(C(F)(F)F)cc(C(F)(F)F)c2C2c3ccccc3OC12. The van der Waals surface area contributed by atoms with Crippen molar-refractivity contribution in [3.8, 4) is 5.75 Å². The molecule has 2 aliphatic heterocycles. The van der Waals surface area contributed by atoms with Gasteiger partial charge in [-0.2, -0.15) is 26.3 Å². The maximum absolute atomic E-state index is 13.7. The lowest BCUT2D eigenvalue weighted by molar-refractivity contribution is -0.143. The van der Waals surface area contributed by atoms with Crippen LogP contribution in [0.2, 0.25) is 0 Å². The molecule has 0 saturated heterocycles. The largest absolute Gasteiger partial charge is 0.486 e. The third kappa shape index (κ3) is 2.74. The van der Waals surface area contributed by atoms with E-state index in [2.05, 4.69) is 5.32 Å². The molecule has 0 spiro atoms. The molecule has 2 aromatic carbocycles. The van der Waals surface area contributed by atoms with Gasteiger partial charge in [0.15, 0.2) is 6.04 Å². The van der Waals surface area contributed by atoms with Gasteiger partial charge in [0, 0.05) is 11.3 Å². The zero-order valence-electron chi connectivity index (χ0n) is 13.7. The molecule has 0 saturated carbocycles. The molecule has 28 heavy (non-hydrogen) atoms. The van der Waals surface area contributed by atoms with Crippen LogP contribution >= 0.6 is 0 Å². The second-order valence-electron chi connectivity index (χ2n) is 6.54. The highest BCUT2D eigenvalue weighted by Gasteiger charge is 2.52. The van der Waals surface area contributed by atoms with Crippen LogP contribution in [0, 0.1) is 0 Å². The Morgan fingerprint density at radius 3 is 2.32 bits per heavy atom. The summed E-state index contributed by atoms with van der Waals surface area (Å²) in [6, 6.07) is 5.11. The van der Waals surface area contributed by atoms with Crippen LogP contribution in [0.15, 0.2) is 36.4 Å². The van der Waals surface area contributed by atoms with Crippen molar-refractivity contribution in [1.29, 1.82) is 0 Å². The topological polar surface area (TPSA) is 58.6 Å². The second kappa shape index (κ2) is 5.79. The number of alkyl halides is 6. The van der Waals surface area contributed by atoms with Gasteiger partial charge in [0.1, 0.15) is 11.9 Å². The number of fused-ring (bicyclic) bond motifs is 5. The minimum Gasteiger partial charge on any atom is -0.486 e. The highest BCUT2D eigenvalue weighted by Crippen LogP contribution is 2.53. The van der Waals surface area contributed by atoms with E-state index in [1.54, 1.807) is 12.1 Å². The minimum atomic E-state index is -5.08. The fourth-order valence-corrected chi connectivity index (χ4v) is 3.77. The Morgan fingerprint density at radius 1 is 1.04 bits per heavy atom. The summed E-state index contributed by atoms with van der Waals surface area (Å²) >= 11 is 0. The lowest BCUT2D eigenvalue weighted by Gasteiger charge is -2.36. The number of anilines is 1. The van der Waals surface area contributed by atoms with Crippen LogP contribution in [0.3, 0.4) is 0 Å². The first-order chi connectivity index (χ1) is 13.0. The first kappa shape index (κ1) is 18.5. The van der Waals surface area contributed by atoms with Gasteiger partial charge in [-0.25, -0.2) is 4.79 Å². The lowest BCUT2D eigenvalue weighted by atomic mass is 9.78. The molecule has 2 aromatic rings. The van der Waals surface area contributed by atoms with Crippen LogP contribution in [-0.2, 0) is 17.1 Å². The Labute approximate surface area is 153 Å². The van der Waals surface area contributed by atoms with Gasteiger partial charge in [-0.15, -0.1) is 0 Å². The zero-order chi connectivity index (χ0) is 20.4. The van der Waals surface area contributed by atoms with Gasteiger partial charge in [-0.05, 0) is 23.8 Å². The van der Waals surface area contributed by atoms with Gasteiger partial charge in [-0.3, -0.25) is 0 Å². The number of ether oxygens (including phenoxy) is 1. The molecule has 148 valence electrons. The van der Waals surface area contributed by atoms with E-state index in [9.17, 15) is 36.2 Å². The highest BCUT2D eigenvalue weighted by molar-refractivity contribution is 5.82. The summed E-state index contributed by atoms with van der Waals surface area (Å²) in [5.41, 5.74) is -3.65. The maximum Gasteiger partial charge on any atom is 0.416 e. The molecular weight excluding hydrogens is 392 g/mol. The van der Waals surface area contributed by atoms with Crippen molar-refractivity contribution < 1.29 is 41.0 Å². The number of hydrogen-bond acceptors (Lipinski definition) is 3. The van der Waals surface area contributed by atoms with E-state index in [4.69, 9.17) is 4.74 Å². The third-order valence-corrected chi connectivity index (χ3v) is 4.87. The fourth-order valence-electron chi connectivity index (χ4n) is 3.77. The van der Waals surface area contributed by atoms with Crippen molar-refractivity contribution >= 4 is 11.7 Å².